The fourth-order valence-corrected chi connectivity index (χ4v) is 3.09. The molecule has 1 unspecified atom stereocenters. The minimum atomic E-state index is 0.151. The van der Waals surface area contributed by atoms with Crippen molar-refractivity contribution >= 4 is 21.8 Å². The standard InChI is InChI=1S/C17H25BrN2O/c1-3-4-10-20(12-15-6-5-9-19-15)17(21)14-8-7-13(2)16(18)11-14/h7-8,11,15,19H,3-6,9-10,12H2,1-2H3. The van der Waals surface area contributed by atoms with E-state index in [1.807, 2.05) is 30.0 Å². The second kappa shape index (κ2) is 7.95. The van der Waals surface area contributed by atoms with E-state index >= 15 is 0 Å². The highest BCUT2D eigenvalue weighted by Crippen LogP contribution is 2.19. The van der Waals surface area contributed by atoms with Gasteiger partial charge in [0.25, 0.3) is 5.91 Å². The lowest BCUT2D eigenvalue weighted by Gasteiger charge is -2.26. The maximum absolute atomic E-state index is 12.8. The van der Waals surface area contributed by atoms with Crippen LogP contribution in [-0.2, 0) is 0 Å². The van der Waals surface area contributed by atoms with Crippen LogP contribution in [0.5, 0.6) is 0 Å². The molecule has 1 heterocycles. The fourth-order valence-electron chi connectivity index (χ4n) is 2.71. The number of carbonyl (C=O) groups excluding carboxylic acids is 1. The van der Waals surface area contributed by atoms with Gasteiger partial charge in [-0.1, -0.05) is 35.3 Å². The molecule has 116 valence electrons. The second-order valence-electron chi connectivity index (χ2n) is 5.86. The molecular weight excluding hydrogens is 328 g/mol. The van der Waals surface area contributed by atoms with E-state index in [1.54, 1.807) is 0 Å². The van der Waals surface area contributed by atoms with Crippen molar-refractivity contribution in [2.75, 3.05) is 19.6 Å². The summed E-state index contributed by atoms with van der Waals surface area (Å²) in [6, 6.07) is 6.34. The Kier molecular flexibility index (Phi) is 6.24. The van der Waals surface area contributed by atoms with Gasteiger partial charge in [0.15, 0.2) is 0 Å². The van der Waals surface area contributed by atoms with Crippen LogP contribution in [0.3, 0.4) is 0 Å². The zero-order valence-electron chi connectivity index (χ0n) is 13.0. The van der Waals surface area contributed by atoms with Crippen molar-refractivity contribution < 1.29 is 4.79 Å². The Morgan fingerprint density at radius 2 is 2.29 bits per heavy atom. The van der Waals surface area contributed by atoms with E-state index in [-0.39, 0.29) is 5.91 Å². The topological polar surface area (TPSA) is 32.3 Å². The van der Waals surface area contributed by atoms with Gasteiger partial charge in [0, 0.05) is 29.2 Å². The molecule has 1 aliphatic heterocycles. The Bertz CT molecular complexity index is 484. The molecule has 1 amide bonds. The van der Waals surface area contributed by atoms with Crippen molar-refractivity contribution in [3.8, 4) is 0 Å². The molecule has 0 aliphatic carbocycles. The van der Waals surface area contributed by atoms with Gasteiger partial charge in [-0.15, -0.1) is 0 Å². The van der Waals surface area contributed by atoms with Crippen molar-refractivity contribution in [2.24, 2.45) is 0 Å². The Morgan fingerprint density at radius 3 is 2.90 bits per heavy atom. The summed E-state index contributed by atoms with van der Waals surface area (Å²) in [5, 5.41) is 3.49. The average molecular weight is 353 g/mol. The highest BCUT2D eigenvalue weighted by molar-refractivity contribution is 9.10. The Labute approximate surface area is 136 Å². The van der Waals surface area contributed by atoms with E-state index in [0.717, 1.165) is 48.1 Å². The maximum atomic E-state index is 12.8. The van der Waals surface area contributed by atoms with Gasteiger partial charge in [-0.3, -0.25) is 4.79 Å². The summed E-state index contributed by atoms with van der Waals surface area (Å²) in [7, 11) is 0. The lowest BCUT2D eigenvalue weighted by Crippen LogP contribution is -2.41. The summed E-state index contributed by atoms with van der Waals surface area (Å²) in [6.45, 7) is 6.95. The van der Waals surface area contributed by atoms with Gasteiger partial charge in [-0.25, -0.2) is 0 Å². The zero-order chi connectivity index (χ0) is 15.2. The van der Waals surface area contributed by atoms with Gasteiger partial charge >= 0.3 is 0 Å². The molecule has 0 aromatic heterocycles. The van der Waals surface area contributed by atoms with Crippen LogP contribution in [-0.4, -0.2) is 36.5 Å². The number of nitrogens with zero attached hydrogens (tertiary/aromatic N) is 1. The van der Waals surface area contributed by atoms with E-state index in [9.17, 15) is 4.79 Å². The molecular formula is C17H25BrN2O. The molecule has 4 heteroatoms. The SMILES string of the molecule is CCCCN(CC1CCCN1)C(=O)c1ccc(C)c(Br)c1. The minimum absolute atomic E-state index is 0.151. The van der Waals surface area contributed by atoms with Crippen molar-refractivity contribution in [1.29, 1.82) is 0 Å². The minimum Gasteiger partial charge on any atom is -0.337 e. The number of benzene rings is 1. The number of rotatable bonds is 6. The van der Waals surface area contributed by atoms with Crippen molar-refractivity contribution in [3.05, 3.63) is 33.8 Å². The number of nitrogens with one attached hydrogen (secondary N) is 1. The Morgan fingerprint density at radius 1 is 1.48 bits per heavy atom. The predicted octanol–water partition coefficient (Wildman–Crippen LogP) is 3.75. The van der Waals surface area contributed by atoms with E-state index in [4.69, 9.17) is 0 Å². The average Bonchev–Trinajstić information content (AvgIpc) is 2.98. The summed E-state index contributed by atoms with van der Waals surface area (Å²) in [6.07, 6.45) is 4.56. The van der Waals surface area contributed by atoms with Crippen molar-refractivity contribution in [3.63, 3.8) is 0 Å². The molecule has 3 nitrogen and oxygen atoms in total. The summed E-state index contributed by atoms with van der Waals surface area (Å²) in [4.78, 5) is 14.8. The van der Waals surface area contributed by atoms with Crippen LogP contribution >= 0.6 is 15.9 Å². The molecule has 0 saturated carbocycles. The highest BCUT2D eigenvalue weighted by Gasteiger charge is 2.22. The fraction of sp³-hybridized carbons (Fsp3) is 0.588. The highest BCUT2D eigenvalue weighted by atomic mass is 79.9. The number of amides is 1. The van der Waals surface area contributed by atoms with Crippen LogP contribution in [0.2, 0.25) is 0 Å². The van der Waals surface area contributed by atoms with Crippen molar-refractivity contribution in [1.82, 2.24) is 10.2 Å². The molecule has 21 heavy (non-hydrogen) atoms. The van der Waals surface area contributed by atoms with E-state index in [1.165, 1.54) is 12.8 Å². The van der Waals surface area contributed by atoms with Crippen LogP contribution in [0.1, 0.15) is 48.5 Å². The first-order valence-electron chi connectivity index (χ1n) is 7.90. The zero-order valence-corrected chi connectivity index (χ0v) is 14.6. The van der Waals surface area contributed by atoms with Crippen LogP contribution in [0.25, 0.3) is 0 Å². The number of carbonyl (C=O) groups is 1. The van der Waals surface area contributed by atoms with E-state index in [0.29, 0.717) is 6.04 Å². The lowest BCUT2D eigenvalue weighted by molar-refractivity contribution is 0.0739. The second-order valence-corrected chi connectivity index (χ2v) is 6.72. The number of unbranched alkanes of at least 4 members (excludes halogenated alkanes) is 1. The molecule has 0 spiro atoms. The molecule has 0 radical (unpaired) electrons. The summed E-state index contributed by atoms with van der Waals surface area (Å²) >= 11 is 3.52. The first kappa shape index (κ1) is 16.5. The molecule has 1 atom stereocenters. The molecule has 1 aromatic carbocycles. The third kappa shape index (κ3) is 4.55. The Balaban J connectivity index is 2.09. The number of hydrogen-bond acceptors (Lipinski definition) is 2. The molecule has 1 saturated heterocycles. The monoisotopic (exact) mass is 352 g/mol. The van der Waals surface area contributed by atoms with Gasteiger partial charge in [0.05, 0.1) is 0 Å². The summed E-state index contributed by atoms with van der Waals surface area (Å²) in [5.74, 6) is 0.151. The van der Waals surface area contributed by atoms with Gasteiger partial charge in [-0.05, 0) is 50.4 Å². The van der Waals surface area contributed by atoms with Gasteiger partial charge in [0.2, 0.25) is 0 Å². The van der Waals surface area contributed by atoms with Gasteiger partial charge in [-0.2, -0.15) is 0 Å². The first-order chi connectivity index (χ1) is 10.1. The molecule has 1 N–H and O–H groups in total. The molecule has 1 aromatic rings. The van der Waals surface area contributed by atoms with E-state index in [2.05, 4.69) is 28.2 Å². The third-order valence-electron chi connectivity index (χ3n) is 4.09. The molecule has 1 aliphatic rings. The predicted molar refractivity (Wildman–Crippen MR) is 90.7 cm³/mol. The summed E-state index contributed by atoms with van der Waals surface area (Å²) < 4.78 is 1.00. The molecule has 1 fully saturated rings. The Hall–Kier alpha value is -0.870. The van der Waals surface area contributed by atoms with Crippen molar-refractivity contribution in [2.45, 2.75) is 45.6 Å². The lowest BCUT2D eigenvalue weighted by atomic mass is 10.1. The van der Waals surface area contributed by atoms with Gasteiger partial charge in [0.1, 0.15) is 0 Å². The molecule has 0 bridgehead atoms. The smallest absolute Gasteiger partial charge is 0.253 e. The van der Waals surface area contributed by atoms with Gasteiger partial charge < -0.3 is 10.2 Å². The number of hydrogen-bond donors (Lipinski definition) is 1. The van der Waals surface area contributed by atoms with Crippen LogP contribution in [0.4, 0.5) is 0 Å². The number of aryl methyl sites for hydroxylation is 1. The van der Waals surface area contributed by atoms with Crippen LogP contribution < -0.4 is 5.32 Å². The maximum Gasteiger partial charge on any atom is 0.253 e. The number of halogens is 1. The third-order valence-corrected chi connectivity index (χ3v) is 4.95. The largest absolute Gasteiger partial charge is 0.337 e. The first-order valence-corrected chi connectivity index (χ1v) is 8.70. The van der Waals surface area contributed by atoms with E-state index < -0.39 is 0 Å². The normalized spacial score (nSPS) is 18.0. The van der Waals surface area contributed by atoms with Crippen LogP contribution in [0.15, 0.2) is 22.7 Å². The van der Waals surface area contributed by atoms with Crippen LogP contribution in [0, 0.1) is 6.92 Å². The quantitative estimate of drug-likeness (QED) is 0.845. The summed E-state index contributed by atoms with van der Waals surface area (Å²) in [5.41, 5.74) is 1.94. The molecule has 2 rings (SSSR count).